The number of hydrogen-bond acceptors (Lipinski definition) is 9. The molecule has 0 radical (unpaired) electrons. The molecule has 0 spiro atoms. The molecule has 1 aliphatic heterocycles. The van der Waals surface area contributed by atoms with Gasteiger partial charge in [0.15, 0.2) is 0 Å². The van der Waals surface area contributed by atoms with Crippen LogP contribution in [0.5, 0.6) is 11.5 Å². The number of carboxylic acid groups (broad SMARTS) is 1. The molecule has 0 saturated heterocycles. The second-order valence-corrected chi connectivity index (χ2v) is 9.81. The number of aliphatic carboxylic acids is 1. The summed E-state index contributed by atoms with van der Waals surface area (Å²) in [5, 5.41) is 19.2. The Morgan fingerprint density at radius 3 is 2.52 bits per heavy atom. The number of alkyl halides is 3. The molecule has 12 nitrogen and oxygen atoms in total. The van der Waals surface area contributed by atoms with Gasteiger partial charge in [-0.2, -0.15) is 13.2 Å². The molecule has 224 valence electrons. The average molecular weight is 658 g/mol. The maximum absolute atomic E-state index is 13.1. The highest BCUT2D eigenvalue weighted by Gasteiger charge is 2.42. The van der Waals surface area contributed by atoms with Crippen LogP contribution in [0.3, 0.4) is 0 Å². The Morgan fingerprint density at radius 1 is 1.17 bits per heavy atom. The van der Waals surface area contributed by atoms with Crippen LogP contribution in [-0.4, -0.2) is 66.0 Å². The minimum atomic E-state index is -5.39. The zero-order valence-electron chi connectivity index (χ0n) is 21.5. The molecular formula is C26H23BrF3N3O9. The zero-order chi connectivity index (χ0) is 31.2. The Hall–Kier alpha value is -4.47. The third-order valence-electron chi connectivity index (χ3n) is 5.90. The van der Waals surface area contributed by atoms with Crippen LogP contribution in [0.4, 0.5) is 13.2 Å². The Morgan fingerprint density at radius 2 is 1.88 bits per heavy atom. The highest BCUT2D eigenvalue weighted by Crippen LogP contribution is 2.31. The molecule has 0 bridgehead atoms. The van der Waals surface area contributed by atoms with Gasteiger partial charge in [-0.15, -0.1) is 0 Å². The molecule has 2 aromatic carbocycles. The number of ether oxygens (including phenoxy) is 3. The number of halogens is 4. The van der Waals surface area contributed by atoms with Crippen molar-refractivity contribution in [1.29, 1.82) is 5.41 Å². The number of ketones is 1. The lowest BCUT2D eigenvalue weighted by Crippen LogP contribution is -2.40. The number of fused-ring (bicyclic) bond motifs is 1. The Balaban J connectivity index is 1.83. The van der Waals surface area contributed by atoms with Crippen LogP contribution < -0.4 is 20.5 Å². The summed E-state index contributed by atoms with van der Waals surface area (Å²) in [5.74, 6) is -7.69. The van der Waals surface area contributed by atoms with Crippen LogP contribution in [0.2, 0.25) is 0 Å². The van der Waals surface area contributed by atoms with E-state index in [9.17, 15) is 37.1 Å². The van der Waals surface area contributed by atoms with Gasteiger partial charge in [-0.1, -0.05) is 12.1 Å². The number of carbonyl (C=O) groups excluding carboxylic acids is 4. The van der Waals surface area contributed by atoms with Gasteiger partial charge in [0.1, 0.15) is 23.9 Å². The first kappa shape index (κ1) is 32.0. The lowest BCUT2D eigenvalue weighted by atomic mass is 10.0. The van der Waals surface area contributed by atoms with Crippen molar-refractivity contribution in [2.75, 3.05) is 13.2 Å². The van der Waals surface area contributed by atoms with E-state index in [0.29, 0.717) is 23.2 Å². The lowest BCUT2D eigenvalue weighted by molar-refractivity contribution is -0.201. The van der Waals surface area contributed by atoms with Crippen molar-refractivity contribution in [2.45, 2.75) is 37.9 Å². The average Bonchev–Trinajstić information content (AvgIpc) is 3.36. The summed E-state index contributed by atoms with van der Waals surface area (Å²) in [6.07, 6.45) is -6.43. The van der Waals surface area contributed by atoms with Crippen molar-refractivity contribution in [2.24, 2.45) is 5.73 Å². The number of nitrogens with two attached hydrogens (primary N) is 1. The standard InChI is InChI=1S/C26H23BrF3N3O9/c27-17-7-13-5-6-40-20(13)10-16(17)23(36)33-15(3-4-21(35)42-25(39)26(28,29)30)11-41-19-9-14(22(31)32)2-1-12(19)8-18(34)24(37)38/h1-2,7,9-10,15H,3-6,8,11H2,(H3,31,32)(H,33,36)(H,37,38)/t15-/m1/s1. The van der Waals surface area contributed by atoms with Gasteiger partial charge in [0.05, 0.1) is 18.2 Å². The fraction of sp³-hybridized carbons (Fsp3) is 0.308. The molecule has 0 aliphatic carbocycles. The number of carboxylic acids is 1. The maximum atomic E-state index is 13.1. The molecular weight excluding hydrogens is 635 g/mol. The number of benzene rings is 2. The topological polar surface area (TPSA) is 195 Å². The first-order valence-electron chi connectivity index (χ1n) is 12.1. The van der Waals surface area contributed by atoms with Crippen LogP contribution in [0, 0.1) is 5.41 Å². The second-order valence-electron chi connectivity index (χ2n) is 8.96. The normalized spacial score (nSPS) is 12.9. The smallest absolute Gasteiger partial charge is 0.491 e. The maximum Gasteiger partial charge on any atom is 0.491 e. The molecule has 42 heavy (non-hydrogen) atoms. The predicted molar refractivity (Wildman–Crippen MR) is 140 cm³/mol. The molecule has 16 heteroatoms. The highest BCUT2D eigenvalue weighted by atomic mass is 79.9. The number of nitrogen functional groups attached to an aromatic ring is 1. The van der Waals surface area contributed by atoms with Crippen LogP contribution >= 0.6 is 15.9 Å². The minimum Gasteiger partial charge on any atom is -0.493 e. The summed E-state index contributed by atoms with van der Waals surface area (Å²) in [5.41, 5.74) is 6.78. The zero-order valence-corrected chi connectivity index (χ0v) is 23.1. The first-order chi connectivity index (χ1) is 19.6. The van der Waals surface area contributed by atoms with E-state index in [-0.39, 0.29) is 34.7 Å². The van der Waals surface area contributed by atoms with Crippen molar-refractivity contribution in [3.8, 4) is 11.5 Å². The molecule has 0 saturated carbocycles. The largest absolute Gasteiger partial charge is 0.493 e. The predicted octanol–water partition coefficient (Wildman–Crippen LogP) is 2.45. The molecule has 3 rings (SSSR count). The van der Waals surface area contributed by atoms with Crippen LogP contribution in [0.15, 0.2) is 34.8 Å². The molecule has 5 N–H and O–H groups in total. The van der Waals surface area contributed by atoms with Crippen molar-refractivity contribution in [3.63, 3.8) is 0 Å². The molecule has 1 amide bonds. The van der Waals surface area contributed by atoms with E-state index in [1.807, 2.05) is 0 Å². The summed E-state index contributed by atoms with van der Waals surface area (Å²) >= 11 is 3.31. The third kappa shape index (κ3) is 8.52. The van der Waals surface area contributed by atoms with Gasteiger partial charge in [-0.25, -0.2) is 9.59 Å². The van der Waals surface area contributed by atoms with E-state index in [4.69, 9.17) is 25.7 Å². The van der Waals surface area contributed by atoms with Gasteiger partial charge in [-0.05, 0) is 46.1 Å². The van der Waals surface area contributed by atoms with Crippen molar-refractivity contribution < 1.29 is 56.5 Å². The summed E-state index contributed by atoms with van der Waals surface area (Å²) in [6.45, 7) is -0.0188. The second kappa shape index (κ2) is 13.5. The van der Waals surface area contributed by atoms with Crippen LogP contribution in [0.25, 0.3) is 0 Å². The first-order valence-corrected chi connectivity index (χ1v) is 12.9. The van der Waals surface area contributed by atoms with Crippen molar-refractivity contribution in [1.82, 2.24) is 5.32 Å². The van der Waals surface area contributed by atoms with Gasteiger partial charge in [0.2, 0.25) is 5.78 Å². The molecule has 1 atom stereocenters. The number of nitrogens with one attached hydrogen (secondary N) is 2. The Labute approximate surface area is 243 Å². The number of amides is 1. The molecule has 2 aromatic rings. The number of rotatable bonds is 12. The summed E-state index contributed by atoms with van der Waals surface area (Å²) < 4.78 is 52.9. The number of Topliss-reactive ketones (excluding diaryl/α,β-unsaturated/α-hetero) is 1. The fourth-order valence-corrected chi connectivity index (χ4v) is 4.35. The van der Waals surface area contributed by atoms with Gasteiger partial charge >= 0.3 is 24.1 Å². The molecule has 0 aromatic heterocycles. The van der Waals surface area contributed by atoms with Gasteiger partial charge in [-0.3, -0.25) is 19.8 Å². The fourth-order valence-electron chi connectivity index (χ4n) is 3.78. The van der Waals surface area contributed by atoms with E-state index in [0.717, 1.165) is 5.56 Å². The van der Waals surface area contributed by atoms with Gasteiger partial charge in [0, 0.05) is 34.9 Å². The SMILES string of the molecule is N=C(N)c1ccc(CC(=O)C(=O)O)c(OC[C@@H](CCC(=O)OC(=O)C(F)(F)F)NC(=O)c2cc3c(cc2Br)CCO3)c1. The van der Waals surface area contributed by atoms with Crippen molar-refractivity contribution >= 4 is 51.4 Å². The minimum absolute atomic E-state index is 0.0708. The third-order valence-corrected chi connectivity index (χ3v) is 6.56. The monoisotopic (exact) mass is 657 g/mol. The van der Waals surface area contributed by atoms with E-state index in [1.54, 1.807) is 6.07 Å². The van der Waals surface area contributed by atoms with E-state index in [2.05, 4.69) is 26.0 Å². The molecule has 0 fully saturated rings. The van der Waals surface area contributed by atoms with Crippen molar-refractivity contribution in [3.05, 3.63) is 57.1 Å². The summed E-state index contributed by atoms with van der Waals surface area (Å²) in [6, 6.07) is 6.04. The summed E-state index contributed by atoms with van der Waals surface area (Å²) in [4.78, 5) is 59.0. The number of carbonyl (C=O) groups is 5. The number of hydrogen-bond donors (Lipinski definition) is 4. The van der Waals surface area contributed by atoms with E-state index in [1.165, 1.54) is 24.3 Å². The molecule has 1 heterocycles. The Kier molecular flexibility index (Phi) is 10.3. The quantitative estimate of drug-likeness (QED) is 0.0865. The van der Waals surface area contributed by atoms with E-state index >= 15 is 0 Å². The van der Waals surface area contributed by atoms with Crippen LogP contribution in [-0.2, 0) is 36.8 Å². The lowest BCUT2D eigenvalue weighted by Gasteiger charge is -2.21. The number of esters is 2. The number of amidine groups is 1. The van der Waals surface area contributed by atoms with Gasteiger partial charge in [0.25, 0.3) is 5.91 Å². The molecule has 1 aliphatic rings. The summed E-state index contributed by atoms with van der Waals surface area (Å²) in [7, 11) is 0. The van der Waals surface area contributed by atoms with E-state index < -0.39 is 61.3 Å². The Bertz CT molecular complexity index is 1450. The molecule has 0 unspecified atom stereocenters. The van der Waals surface area contributed by atoms with Gasteiger partial charge < -0.3 is 30.4 Å². The highest BCUT2D eigenvalue weighted by molar-refractivity contribution is 9.10. The van der Waals surface area contributed by atoms with Crippen LogP contribution in [0.1, 0.15) is 39.9 Å².